The summed E-state index contributed by atoms with van der Waals surface area (Å²) < 4.78 is 35.5. The van der Waals surface area contributed by atoms with Gasteiger partial charge in [0.05, 0.1) is 22.7 Å². The third-order valence-electron chi connectivity index (χ3n) is 6.33. The number of ether oxygens (including phenoxy) is 1. The van der Waals surface area contributed by atoms with Crippen molar-refractivity contribution in [2.24, 2.45) is 0 Å². The van der Waals surface area contributed by atoms with Crippen LogP contribution in [0.2, 0.25) is 0 Å². The molecule has 0 amide bonds. The van der Waals surface area contributed by atoms with Crippen LogP contribution in [0.4, 0.5) is 5.69 Å². The van der Waals surface area contributed by atoms with Crippen LogP contribution in [0.15, 0.2) is 83.3 Å². The predicted octanol–water partition coefficient (Wildman–Crippen LogP) is 6.03. The quantitative estimate of drug-likeness (QED) is 0.288. The number of halogens is 1. The molecule has 1 aromatic heterocycles. The van der Waals surface area contributed by atoms with E-state index in [-0.39, 0.29) is 11.3 Å². The molecule has 0 saturated carbocycles. The molecule has 37 heavy (non-hydrogen) atoms. The Labute approximate surface area is 224 Å². The van der Waals surface area contributed by atoms with Gasteiger partial charge < -0.3 is 14.4 Å². The lowest BCUT2D eigenvalue weighted by molar-refractivity contribution is 0.0697. The van der Waals surface area contributed by atoms with E-state index in [9.17, 15) is 18.3 Å². The second kappa shape index (κ2) is 10.1. The van der Waals surface area contributed by atoms with E-state index in [0.29, 0.717) is 36.7 Å². The van der Waals surface area contributed by atoms with E-state index in [0.717, 1.165) is 27.0 Å². The lowest BCUT2D eigenvalue weighted by Gasteiger charge is -2.21. The number of sulfonamides is 1. The molecule has 0 bridgehead atoms. The number of hydrogen-bond donors (Lipinski definition) is 1. The normalized spacial score (nSPS) is 14.6. The number of anilines is 1. The van der Waals surface area contributed by atoms with E-state index in [1.54, 1.807) is 12.1 Å². The number of carboxylic acids is 1. The summed E-state index contributed by atoms with van der Waals surface area (Å²) in [4.78, 5) is 12.0. The molecule has 7 nitrogen and oxygen atoms in total. The van der Waals surface area contributed by atoms with E-state index >= 15 is 0 Å². The molecule has 4 aromatic rings. The van der Waals surface area contributed by atoms with Gasteiger partial charge in [-0.15, -0.1) is 0 Å². The lowest BCUT2D eigenvalue weighted by atomic mass is 10.1. The fourth-order valence-corrected chi connectivity index (χ4v) is 6.49. The van der Waals surface area contributed by atoms with Gasteiger partial charge in [0.15, 0.2) is 0 Å². The Hall–Kier alpha value is -3.56. The van der Waals surface area contributed by atoms with Crippen molar-refractivity contribution in [3.63, 3.8) is 0 Å². The highest BCUT2D eigenvalue weighted by Gasteiger charge is 2.29. The van der Waals surface area contributed by atoms with Crippen molar-refractivity contribution >= 4 is 37.6 Å². The molecule has 0 atom stereocenters. The summed E-state index contributed by atoms with van der Waals surface area (Å²) in [5, 5.41) is 9.82. The van der Waals surface area contributed by atoms with Crippen molar-refractivity contribution in [2.75, 3.05) is 16.6 Å². The topological polar surface area (TPSA) is 88.8 Å². The third-order valence-corrected chi connectivity index (χ3v) is 8.69. The molecule has 1 N–H and O–H groups in total. The van der Waals surface area contributed by atoms with Gasteiger partial charge in [0.2, 0.25) is 10.0 Å². The Morgan fingerprint density at radius 1 is 1.00 bits per heavy atom. The van der Waals surface area contributed by atoms with E-state index < -0.39 is 16.0 Å². The minimum Gasteiger partial charge on any atom is -0.488 e. The van der Waals surface area contributed by atoms with Gasteiger partial charge in [0.1, 0.15) is 12.4 Å². The van der Waals surface area contributed by atoms with Gasteiger partial charge in [-0.1, -0.05) is 46.3 Å². The highest BCUT2D eigenvalue weighted by molar-refractivity contribution is 9.10. The maximum absolute atomic E-state index is 12.6. The number of rotatable bonds is 7. The summed E-state index contributed by atoms with van der Waals surface area (Å²) in [6.45, 7) is 2.64. The fourth-order valence-electron chi connectivity index (χ4n) is 4.58. The molecule has 1 fully saturated rings. The number of aromatic carboxylic acids is 1. The van der Waals surface area contributed by atoms with Crippen molar-refractivity contribution in [1.82, 2.24) is 4.57 Å². The molecule has 0 aliphatic carbocycles. The lowest BCUT2D eigenvalue weighted by Crippen LogP contribution is -2.25. The third kappa shape index (κ3) is 5.14. The average molecular weight is 581 g/mol. The Morgan fingerprint density at radius 2 is 1.76 bits per heavy atom. The summed E-state index contributed by atoms with van der Waals surface area (Å²) in [5.74, 6) is -0.406. The highest BCUT2D eigenvalue weighted by atomic mass is 79.9. The van der Waals surface area contributed by atoms with Crippen molar-refractivity contribution in [2.45, 2.75) is 20.0 Å². The van der Waals surface area contributed by atoms with E-state index in [4.69, 9.17) is 4.74 Å². The maximum atomic E-state index is 12.6. The maximum Gasteiger partial charge on any atom is 0.335 e. The molecule has 0 spiro atoms. The molecule has 190 valence electrons. The SMILES string of the molecule is Cc1ccc(-c2cc(Br)ccc2OCc2ccccc2)n1-c1cc(C(=O)O)cc(N2CCCS2(=O)=O)c1. The zero-order valence-corrected chi connectivity index (χ0v) is 22.5. The number of aromatic nitrogens is 1. The summed E-state index contributed by atoms with van der Waals surface area (Å²) in [5.41, 5.74) is 4.43. The van der Waals surface area contributed by atoms with Crippen LogP contribution in [-0.4, -0.2) is 36.4 Å². The zero-order chi connectivity index (χ0) is 26.2. The van der Waals surface area contributed by atoms with Crippen LogP contribution in [0, 0.1) is 6.92 Å². The van der Waals surface area contributed by atoms with Crippen molar-refractivity contribution in [3.05, 3.63) is 100 Å². The monoisotopic (exact) mass is 580 g/mol. The molecule has 9 heteroatoms. The van der Waals surface area contributed by atoms with E-state index in [2.05, 4.69) is 15.9 Å². The first-order valence-electron chi connectivity index (χ1n) is 11.8. The molecule has 2 heterocycles. The Morgan fingerprint density at radius 3 is 2.46 bits per heavy atom. The smallest absolute Gasteiger partial charge is 0.335 e. The highest BCUT2D eigenvalue weighted by Crippen LogP contribution is 2.37. The van der Waals surface area contributed by atoms with Crippen LogP contribution in [0.3, 0.4) is 0 Å². The molecular weight excluding hydrogens is 556 g/mol. The molecule has 5 rings (SSSR count). The number of carbonyl (C=O) groups is 1. The average Bonchev–Trinajstić information content (AvgIpc) is 3.44. The molecule has 0 radical (unpaired) electrons. The standard InChI is InChI=1S/C28H25BrN2O5S/c1-19-8-10-26(25-16-22(29)9-11-27(25)36-18-20-6-3-2-4-7-20)31(19)24-15-21(28(32)33)14-23(17-24)30-12-5-13-37(30,34)35/h2-4,6-11,14-17H,5,12-13,18H2,1H3,(H,32,33). The molecule has 1 saturated heterocycles. The van der Waals surface area contributed by atoms with Gasteiger partial charge in [-0.25, -0.2) is 13.2 Å². The van der Waals surface area contributed by atoms with Crippen molar-refractivity contribution in [1.29, 1.82) is 0 Å². The summed E-state index contributed by atoms with van der Waals surface area (Å²) in [7, 11) is -3.48. The summed E-state index contributed by atoms with van der Waals surface area (Å²) in [6.07, 6.45) is 0.503. The van der Waals surface area contributed by atoms with Crippen LogP contribution in [0.5, 0.6) is 5.75 Å². The van der Waals surface area contributed by atoms with Crippen LogP contribution >= 0.6 is 15.9 Å². The molecule has 1 aliphatic rings. The largest absolute Gasteiger partial charge is 0.488 e. The number of hydrogen-bond acceptors (Lipinski definition) is 4. The Balaban J connectivity index is 1.62. The first-order valence-corrected chi connectivity index (χ1v) is 14.2. The minimum atomic E-state index is -3.48. The van der Waals surface area contributed by atoms with Gasteiger partial charge >= 0.3 is 5.97 Å². The number of carboxylic acid groups (broad SMARTS) is 1. The van der Waals surface area contributed by atoms with Gasteiger partial charge in [0.25, 0.3) is 0 Å². The number of nitrogens with zero attached hydrogens (tertiary/aromatic N) is 2. The molecule has 0 unspecified atom stereocenters. The van der Waals surface area contributed by atoms with Crippen LogP contribution < -0.4 is 9.04 Å². The van der Waals surface area contributed by atoms with Gasteiger partial charge in [-0.3, -0.25) is 4.31 Å². The molecule has 3 aromatic carbocycles. The molecule has 1 aliphatic heterocycles. The summed E-state index contributed by atoms with van der Waals surface area (Å²) in [6, 6.07) is 24.2. The van der Waals surface area contributed by atoms with Crippen LogP contribution in [-0.2, 0) is 16.6 Å². The summed E-state index contributed by atoms with van der Waals surface area (Å²) >= 11 is 3.56. The van der Waals surface area contributed by atoms with Gasteiger partial charge in [-0.05, 0) is 67.4 Å². The van der Waals surface area contributed by atoms with Crippen molar-refractivity contribution < 1.29 is 23.1 Å². The van der Waals surface area contributed by atoms with Crippen LogP contribution in [0.25, 0.3) is 16.9 Å². The number of aryl methyl sites for hydroxylation is 1. The van der Waals surface area contributed by atoms with E-state index in [1.165, 1.54) is 10.4 Å². The fraction of sp³-hybridized carbons (Fsp3) is 0.179. The first kappa shape index (κ1) is 25.1. The van der Waals surface area contributed by atoms with Gasteiger partial charge in [-0.2, -0.15) is 0 Å². The Kier molecular flexibility index (Phi) is 6.83. The second-order valence-corrected chi connectivity index (χ2v) is 11.8. The van der Waals surface area contributed by atoms with Gasteiger partial charge in [0, 0.05) is 28.0 Å². The minimum absolute atomic E-state index is 0.0171. The second-order valence-electron chi connectivity index (χ2n) is 8.90. The molecular formula is C28H25BrN2O5S. The predicted molar refractivity (Wildman–Crippen MR) is 147 cm³/mol. The van der Waals surface area contributed by atoms with Crippen molar-refractivity contribution in [3.8, 4) is 22.7 Å². The zero-order valence-electron chi connectivity index (χ0n) is 20.1. The number of benzene rings is 3. The Bertz CT molecular complexity index is 1580. The first-order chi connectivity index (χ1) is 17.7. The van der Waals surface area contributed by atoms with Crippen LogP contribution in [0.1, 0.15) is 28.0 Å². The van der Waals surface area contributed by atoms with E-state index in [1.807, 2.05) is 72.2 Å².